The lowest BCUT2D eigenvalue weighted by atomic mass is 9.86. The van der Waals surface area contributed by atoms with E-state index in [0.717, 1.165) is 22.3 Å². The van der Waals surface area contributed by atoms with Gasteiger partial charge in [0.1, 0.15) is 18.3 Å². The van der Waals surface area contributed by atoms with E-state index >= 15 is 0 Å². The third-order valence-electron chi connectivity index (χ3n) is 5.80. The molecule has 1 aliphatic carbocycles. The number of hydrogen-bond acceptors (Lipinski definition) is 7. The molecule has 7 heteroatoms. The minimum Gasteiger partial charge on any atom is -0.396 e. The second kappa shape index (κ2) is 7.24. The molecular formula is C20H28O7. The van der Waals surface area contributed by atoms with E-state index in [9.17, 15) is 25.2 Å². The Morgan fingerprint density at radius 1 is 1.22 bits per heavy atom. The Morgan fingerprint density at radius 2 is 1.89 bits per heavy atom. The fraction of sp³-hybridized carbons (Fsp3) is 0.650. The summed E-state index contributed by atoms with van der Waals surface area (Å²) in [6.07, 6.45) is -5.32. The molecule has 0 spiro atoms. The minimum absolute atomic E-state index is 0.000298. The number of Topliss-reactive ketones (excluding diaryl/α,β-unsaturated/α-hetero) is 1. The number of aliphatic hydroxyl groups is 4. The van der Waals surface area contributed by atoms with Gasteiger partial charge in [-0.1, -0.05) is 6.07 Å². The Morgan fingerprint density at radius 3 is 2.52 bits per heavy atom. The van der Waals surface area contributed by atoms with Crippen LogP contribution in [0.1, 0.15) is 52.6 Å². The van der Waals surface area contributed by atoms with Crippen molar-refractivity contribution in [2.75, 3.05) is 13.2 Å². The number of ketones is 1. The molecule has 27 heavy (non-hydrogen) atoms. The minimum atomic E-state index is -1.42. The lowest BCUT2D eigenvalue weighted by Crippen LogP contribution is -2.54. The summed E-state index contributed by atoms with van der Waals surface area (Å²) in [6, 6.07) is 1.89. The van der Waals surface area contributed by atoms with E-state index in [2.05, 4.69) is 0 Å². The topological polar surface area (TPSA) is 116 Å². The average molecular weight is 380 g/mol. The van der Waals surface area contributed by atoms with Crippen molar-refractivity contribution < 1.29 is 34.7 Å². The molecule has 1 aromatic carbocycles. The van der Waals surface area contributed by atoms with Crippen LogP contribution in [0.2, 0.25) is 0 Å². The van der Waals surface area contributed by atoms with Crippen molar-refractivity contribution in [3.63, 3.8) is 0 Å². The second-order valence-electron chi connectivity index (χ2n) is 8.05. The maximum Gasteiger partial charge on any atom is 0.186 e. The number of aliphatic hydroxyl groups excluding tert-OH is 4. The first-order valence-corrected chi connectivity index (χ1v) is 9.21. The molecule has 0 amide bonds. The van der Waals surface area contributed by atoms with Crippen molar-refractivity contribution in [3.05, 3.63) is 33.9 Å². The molecule has 1 heterocycles. The van der Waals surface area contributed by atoms with Gasteiger partial charge in [0.15, 0.2) is 12.1 Å². The van der Waals surface area contributed by atoms with Crippen LogP contribution >= 0.6 is 0 Å². The number of carbonyl (C=O) groups is 1. The molecule has 7 nitrogen and oxygen atoms in total. The van der Waals surface area contributed by atoms with Crippen molar-refractivity contribution in [1.82, 2.24) is 0 Å². The Labute approximate surface area is 158 Å². The highest BCUT2D eigenvalue weighted by atomic mass is 16.7. The molecule has 0 bridgehead atoms. The predicted octanol–water partition coefficient (Wildman–Crippen LogP) is 0.557. The first-order chi connectivity index (χ1) is 12.6. The molecule has 1 fully saturated rings. The van der Waals surface area contributed by atoms with E-state index in [-0.39, 0.29) is 19.0 Å². The highest BCUT2D eigenvalue weighted by Gasteiger charge is 2.51. The summed E-state index contributed by atoms with van der Waals surface area (Å²) in [4.78, 5) is 13.1. The lowest BCUT2D eigenvalue weighted by Gasteiger charge is -2.38. The van der Waals surface area contributed by atoms with E-state index < -0.39 is 36.1 Å². The number of carbonyl (C=O) groups excluding carboxylic acids is 1. The molecule has 1 aromatic rings. The van der Waals surface area contributed by atoms with E-state index in [0.29, 0.717) is 12.0 Å². The molecular weight excluding hydrogens is 352 g/mol. The van der Waals surface area contributed by atoms with Gasteiger partial charge in [-0.25, -0.2) is 0 Å². The molecule has 0 aromatic heterocycles. The molecule has 0 radical (unpaired) electrons. The Balaban J connectivity index is 2.00. The number of hydrogen-bond donors (Lipinski definition) is 4. The summed E-state index contributed by atoms with van der Waals surface area (Å²) in [5, 5.41) is 39.1. The van der Waals surface area contributed by atoms with Gasteiger partial charge in [-0.3, -0.25) is 4.79 Å². The number of fused-ring (bicyclic) bond motifs is 1. The average Bonchev–Trinajstić information content (AvgIpc) is 2.79. The van der Waals surface area contributed by atoms with Gasteiger partial charge in [0.05, 0.1) is 18.1 Å². The summed E-state index contributed by atoms with van der Waals surface area (Å²) in [6.45, 7) is 7.20. The SMILES string of the molecule is Cc1cc2c(c(C)c1CCO)C(=O)C(C)(C)[C@@H]2O[C@H]1OC[C@H](O)[C@H](O)[C@@H]1O. The zero-order chi connectivity index (χ0) is 20.1. The fourth-order valence-corrected chi connectivity index (χ4v) is 4.17. The Kier molecular flexibility index (Phi) is 5.46. The third-order valence-corrected chi connectivity index (χ3v) is 5.80. The lowest BCUT2D eigenvalue weighted by molar-refractivity contribution is -0.290. The summed E-state index contributed by atoms with van der Waals surface area (Å²) >= 11 is 0. The fourth-order valence-electron chi connectivity index (χ4n) is 4.17. The maximum atomic E-state index is 13.1. The Bertz CT molecular complexity index is 742. The number of benzene rings is 1. The third kappa shape index (κ3) is 3.22. The summed E-state index contributed by atoms with van der Waals surface area (Å²) in [5.74, 6) is -0.0647. The highest BCUT2D eigenvalue weighted by molar-refractivity contribution is 6.06. The van der Waals surface area contributed by atoms with Crippen LogP contribution in [0.25, 0.3) is 0 Å². The Hall–Kier alpha value is -1.35. The van der Waals surface area contributed by atoms with Gasteiger partial charge in [-0.15, -0.1) is 0 Å². The molecule has 0 saturated carbocycles. The molecule has 4 N–H and O–H groups in total. The first kappa shape index (κ1) is 20.4. The van der Waals surface area contributed by atoms with Crippen LogP contribution in [0.5, 0.6) is 0 Å². The first-order valence-electron chi connectivity index (χ1n) is 9.21. The van der Waals surface area contributed by atoms with Crippen LogP contribution in [0.4, 0.5) is 0 Å². The van der Waals surface area contributed by atoms with Crippen molar-refractivity contribution in [3.8, 4) is 0 Å². The van der Waals surface area contributed by atoms with Crippen molar-refractivity contribution >= 4 is 5.78 Å². The summed E-state index contributed by atoms with van der Waals surface area (Å²) in [5.41, 5.74) is 3.17. The van der Waals surface area contributed by atoms with E-state index in [1.165, 1.54) is 0 Å². The van der Waals surface area contributed by atoms with Gasteiger partial charge < -0.3 is 29.9 Å². The normalized spacial score (nSPS) is 32.6. The number of ether oxygens (including phenoxy) is 2. The zero-order valence-electron chi connectivity index (χ0n) is 16.1. The van der Waals surface area contributed by atoms with Crippen molar-refractivity contribution in [2.45, 2.75) is 64.8 Å². The van der Waals surface area contributed by atoms with E-state index in [1.807, 2.05) is 19.9 Å². The van der Waals surface area contributed by atoms with Gasteiger partial charge in [0.25, 0.3) is 0 Å². The monoisotopic (exact) mass is 380 g/mol. The highest BCUT2D eigenvalue weighted by Crippen LogP contribution is 2.50. The van der Waals surface area contributed by atoms with Gasteiger partial charge in [-0.2, -0.15) is 0 Å². The van der Waals surface area contributed by atoms with Crippen LogP contribution in [0.15, 0.2) is 6.07 Å². The quantitative estimate of drug-likeness (QED) is 0.603. The second-order valence-corrected chi connectivity index (χ2v) is 8.05. The standard InChI is InChI=1S/C20H28O7/c1-9-7-12-14(10(2)11(9)5-6-21)17(25)20(3,4)18(12)27-19-16(24)15(23)13(22)8-26-19/h7,13,15-16,18-19,21-24H,5-6,8H2,1-4H3/t13-,15-,16-,18+,19+/m0/s1. The molecule has 1 saturated heterocycles. The van der Waals surface area contributed by atoms with Gasteiger partial charge >= 0.3 is 0 Å². The maximum absolute atomic E-state index is 13.1. The largest absolute Gasteiger partial charge is 0.396 e. The van der Waals surface area contributed by atoms with Crippen LogP contribution in [0, 0.1) is 19.3 Å². The molecule has 3 rings (SSSR count). The predicted molar refractivity (Wildman–Crippen MR) is 96.4 cm³/mol. The van der Waals surface area contributed by atoms with Crippen LogP contribution in [-0.4, -0.2) is 64.0 Å². The van der Waals surface area contributed by atoms with Gasteiger partial charge in [0.2, 0.25) is 0 Å². The molecule has 1 aliphatic heterocycles. The van der Waals surface area contributed by atoms with E-state index in [1.54, 1.807) is 13.8 Å². The molecule has 2 aliphatic rings. The van der Waals surface area contributed by atoms with Crippen molar-refractivity contribution in [1.29, 1.82) is 0 Å². The van der Waals surface area contributed by atoms with Gasteiger partial charge in [-0.05, 0) is 56.4 Å². The molecule has 5 atom stereocenters. The zero-order valence-corrected chi connectivity index (χ0v) is 16.1. The van der Waals surface area contributed by atoms with Crippen LogP contribution in [-0.2, 0) is 15.9 Å². The van der Waals surface area contributed by atoms with Crippen LogP contribution < -0.4 is 0 Å². The van der Waals surface area contributed by atoms with Gasteiger partial charge in [0, 0.05) is 12.2 Å². The summed E-state index contributed by atoms with van der Waals surface area (Å²) < 4.78 is 11.4. The van der Waals surface area contributed by atoms with Crippen LogP contribution in [0.3, 0.4) is 0 Å². The summed E-state index contributed by atoms with van der Waals surface area (Å²) in [7, 11) is 0. The van der Waals surface area contributed by atoms with Crippen molar-refractivity contribution in [2.24, 2.45) is 5.41 Å². The molecule has 150 valence electrons. The molecule has 0 unspecified atom stereocenters. The number of aryl methyl sites for hydroxylation is 1. The smallest absolute Gasteiger partial charge is 0.186 e. The van der Waals surface area contributed by atoms with E-state index in [4.69, 9.17) is 9.47 Å². The number of rotatable bonds is 4.